The minimum absolute atomic E-state index is 0.0556. The molecule has 1 saturated heterocycles. The van der Waals surface area contributed by atoms with E-state index in [0.717, 1.165) is 0 Å². The fourth-order valence-electron chi connectivity index (χ4n) is 3.27. The molecule has 5 nitrogen and oxygen atoms in total. The van der Waals surface area contributed by atoms with Crippen molar-refractivity contribution in [3.8, 4) is 5.75 Å². The van der Waals surface area contributed by atoms with Gasteiger partial charge in [0.25, 0.3) is 5.56 Å². The van der Waals surface area contributed by atoms with Crippen LogP contribution in [0.4, 0.5) is 5.69 Å². The molecule has 2 heterocycles. The van der Waals surface area contributed by atoms with Crippen LogP contribution in [0.3, 0.4) is 0 Å². The summed E-state index contributed by atoms with van der Waals surface area (Å²) in [6.45, 7) is 0.444. The Morgan fingerprint density at radius 1 is 1.27 bits per heavy atom. The normalized spacial score (nSPS) is 18.4. The maximum atomic E-state index is 12.6. The average molecular weight is 413 g/mol. The lowest BCUT2D eigenvalue weighted by Crippen LogP contribution is -2.27. The van der Waals surface area contributed by atoms with Crippen LogP contribution in [-0.4, -0.2) is 28.4 Å². The Morgan fingerprint density at radius 2 is 2.00 bits per heavy atom. The number of phenols is 1. The molecule has 2 aromatic rings. The SMILES string of the molecule is CS[C@H](c1c(O)ccc(Cl)c1Cl)C1CC(=O)N(c2ccn(C)c(=O)c2)C1. The van der Waals surface area contributed by atoms with E-state index in [4.69, 9.17) is 23.2 Å². The summed E-state index contributed by atoms with van der Waals surface area (Å²) in [5.41, 5.74) is 0.966. The highest BCUT2D eigenvalue weighted by Crippen LogP contribution is 2.48. The van der Waals surface area contributed by atoms with Crippen molar-refractivity contribution in [1.29, 1.82) is 0 Å². The second kappa shape index (κ2) is 7.55. The van der Waals surface area contributed by atoms with Gasteiger partial charge in [0.15, 0.2) is 0 Å². The van der Waals surface area contributed by atoms with Crippen molar-refractivity contribution in [2.24, 2.45) is 13.0 Å². The predicted molar refractivity (Wildman–Crippen MR) is 107 cm³/mol. The number of anilines is 1. The Bertz CT molecular complexity index is 916. The number of benzene rings is 1. The van der Waals surface area contributed by atoms with Crippen molar-refractivity contribution in [3.05, 3.63) is 56.4 Å². The van der Waals surface area contributed by atoms with Gasteiger partial charge in [-0.25, -0.2) is 0 Å². The quantitative estimate of drug-likeness (QED) is 0.827. The van der Waals surface area contributed by atoms with Crippen LogP contribution in [0.2, 0.25) is 10.0 Å². The first-order chi connectivity index (χ1) is 12.3. The van der Waals surface area contributed by atoms with Crippen LogP contribution < -0.4 is 10.5 Å². The van der Waals surface area contributed by atoms with E-state index in [1.807, 2.05) is 6.26 Å². The fraction of sp³-hybridized carbons (Fsp3) is 0.333. The Labute approximate surface area is 165 Å². The smallest absolute Gasteiger partial charge is 0.252 e. The van der Waals surface area contributed by atoms with Crippen LogP contribution in [0.15, 0.2) is 35.3 Å². The number of hydrogen-bond acceptors (Lipinski definition) is 4. The van der Waals surface area contributed by atoms with Crippen molar-refractivity contribution < 1.29 is 9.90 Å². The van der Waals surface area contributed by atoms with E-state index in [9.17, 15) is 14.7 Å². The van der Waals surface area contributed by atoms with Gasteiger partial charge in [-0.1, -0.05) is 23.2 Å². The molecule has 3 rings (SSSR count). The summed E-state index contributed by atoms with van der Waals surface area (Å²) in [6, 6.07) is 6.27. The minimum atomic E-state index is -0.193. The van der Waals surface area contributed by atoms with Gasteiger partial charge >= 0.3 is 0 Å². The molecule has 1 fully saturated rings. The molecule has 1 aliphatic rings. The Kier molecular flexibility index (Phi) is 5.55. The van der Waals surface area contributed by atoms with E-state index in [-0.39, 0.29) is 28.4 Å². The topological polar surface area (TPSA) is 62.5 Å². The van der Waals surface area contributed by atoms with Crippen molar-refractivity contribution in [2.45, 2.75) is 11.7 Å². The number of carbonyl (C=O) groups excluding carboxylic acids is 1. The third-order valence-corrected chi connectivity index (χ3v) is 6.58. The van der Waals surface area contributed by atoms with Crippen LogP contribution >= 0.6 is 35.0 Å². The van der Waals surface area contributed by atoms with Gasteiger partial charge < -0.3 is 14.6 Å². The number of rotatable bonds is 4. The summed E-state index contributed by atoms with van der Waals surface area (Å²) in [5.74, 6) is -0.0541. The number of carbonyl (C=O) groups is 1. The summed E-state index contributed by atoms with van der Waals surface area (Å²) in [6.07, 6.45) is 3.86. The van der Waals surface area contributed by atoms with E-state index >= 15 is 0 Å². The van der Waals surface area contributed by atoms with Gasteiger partial charge in [0.1, 0.15) is 5.75 Å². The number of halogens is 2. The van der Waals surface area contributed by atoms with Crippen LogP contribution in [0.25, 0.3) is 0 Å². The number of pyridine rings is 1. The number of amides is 1. The summed E-state index contributed by atoms with van der Waals surface area (Å²) >= 11 is 14.0. The lowest BCUT2D eigenvalue weighted by molar-refractivity contribution is -0.117. The zero-order chi connectivity index (χ0) is 19.0. The average Bonchev–Trinajstić information content (AvgIpc) is 2.99. The molecule has 0 saturated carbocycles. The number of hydrogen-bond donors (Lipinski definition) is 1. The summed E-state index contributed by atoms with van der Waals surface area (Å²) in [7, 11) is 1.66. The number of nitrogens with zero attached hydrogens (tertiary/aromatic N) is 2. The molecular formula is C18H18Cl2N2O3S. The van der Waals surface area contributed by atoms with Crippen LogP contribution in [-0.2, 0) is 11.8 Å². The maximum Gasteiger partial charge on any atom is 0.252 e. The Balaban J connectivity index is 1.93. The molecule has 1 aliphatic heterocycles. The zero-order valence-electron chi connectivity index (χ0n) is 14.3. The van der Waals surface area contributed by atoms with Crippen molar-refractivity contribution in [3.63, 3.8) is 0 Å². The number of aryl methyl sites for hydroxylation is 1. The minimum Gasteiger partial charge on any atom is -0.508 e. The summed E-state index contributed by atoms with van der Waals surface area (Å²) < 4.78 is 1.45. The van der Waals surface area contributed by atoms with Crippen molar-refractivity contribution in [1.82, 2.24) is 4.57 Å². The maximum absolute atomic E-state index is 12.6. The molecule has 1 aromatic heterocycles. The highest BCUT2D eigenvalue weighted by molar-refractivity contribution is 7.98. The van der Waals surface area contributed by atoms with Gasteiger partial charge in [-0.2, -0.15) is 11.8 Å². The number of phenolic OH excluding ortho intramolecular Hbond substituents is 1. The van der Waals surface area contributed by atoms with Gasteiger partial charge in [-0.15, -0.1) is 0 Å². The zero-order valence-corrected chi connectivity index (χ0v) is 16.6. The molecule has 2 atom stereocenters. The molecule has 0 bridgehead atoms. The highest BCUT2D eigenvalue weighted by atomic mass is 35.5. The molecular weight excluding hydrogens is 395 g/mol. The van der Waals surface area contributed by atoms with E-state index < -0.39 is 0 Å². The summed E-state index contributed by atoms with van der Waals surface area (Å²) in [4.78, 5) is 26.1. The largest absolute Gasteiger partial charge is 0.508 e. The van der Waals surface area contributed by atoms with E-state index in [2.05, 4.69) is 0 Å². The predicted octanol–water partition coefficient (Wildman–Crippen LogP) is 3.85. The first-order valence-electron chi connectivity index (χ1n) is 8.00. The Hall–Kier alpha value is -1.63. The van der Waals surface area contributed by atoms with Gasteiger partial charge in [-0.3, -0.25) is 9.59 Å². The van der Waals surface area contributed by atoms with Crippen molar-refractivity contribution >= 4 is 46.6 Å². The lowest BCUT2D eigenvalue weighted by Gasteiger charge is -2.24. The second-order valence-electron chi connectivity index (χ2n) is 6.25. The van der Waals surface area contributed by atoms with Gasteiger partial charge in [0.2, 0.25) is 5.91 Å². The molecule has 26 heavy (non-hydrogen) atoms. The molecule has 0 radical (unpaired) electrons. The fourth-order valence-corrected chi connectivity index (χ4v) is 4.81. The molecule has 1 amide bonds. The Morgan fingerprint density at radius 3 is 2.65 bits per heavy atom. The molecule has 0 aliphatic carbocycles. The third kappa shape index (κ3) is 3.46. The second-order valence-corrected chi connectivity index (χ2v) is 8.02. The third-order valence-electron chi connectivity index (χ3n) is 4.63. The highest BCUT2D eigenvalue weighted by Gasteiger charge is 2.38. The van der Waals surface area contributed by atoms with E-state index in [1.54, 1.807) is 30.3 Å². The van der Waals surface area contributed by atoms with E-state index in [1.165, 1.54) is 28.5 Å². The number of aromatic nitrogens is 1. The van der Waals surface area contributed by atoms with Crippen LogP contribution in [0.5, 0.6) is 5.75 Å². The molecule has 1 aromatic carbocycles. The molecule has 1 N–H and O–H groups in total. The monoisotopic (exact) mass is 412 g/mol. The molecule has 8 heteroatoms. The van der Waals surface area contributed by atoms with Crippen LogP contribution in [0.1, 0.15) is 17.2 Å². The van der Waals surface area contributed by atoms with Gasteiger partial charge in [0.05, 0.1) is 15.7 Å². The van der Waals surface area contributed by atoms with Crippen molar-refractivity contribution in [2.75, 3.05) is 17.7 Å². The first-order valence-corrected chi connectivity index (χ1v) is 10.0. The summed E-state index contributed by atoms with van der Waals surface area (Å²) in [5, 5.41) is 10.8. The molecule has 0 spiro atoms. The number of aromatic hydroxyl groups is 1. The van der Waals surface area contributed by atoms with Crippen LogP contribution in [0, 0.1) is 5.92 Å². The standard InChI is InChI=1S/C18H18Cl2N2O3S/c1-21-6-5-11(8-14(21)24)22-9-10(7-15(22)25)18(26-2)16-13(23)4-3-12(19)17(16)20/h3-6,8,10,18,23H,7,9H2,1-2H3/t10?,18-/m0/s1. The van der Waals surface area contributed by atoms with Gasteiger partial charge in [-0.05, 0) is 24.5 Å². The molecule has 1 unspecified atom stereocenters. The first kappa shape index (κ1) is 19.1. The number of thioether (sulfide) groups is 1. The van der Waals surface area contributed by atoms with Gasteiger partial charge in [0, 0.05) is 49.0 Å². The molecule has 138 valence electrons. The van der Waals surface area contributed by atoms with E-state index in [0.29, 0.717) is 34.3 Å². The lowest BCUT2D eigenvalue weighted by atomic mass is 9.97.